The van der Waals surface area contributed by atoms with Gasteiger partial charge in [-0.05, 0) is 56.1 Å². The molecule has 1 rings (SSSR count). The Labute approximate surface area is 112 Å². The van der Waals surface area contributed by atoms with E-state index in [0.29, 0.717) is 12.3 Å². The molecule has 1 aliphatic rings. The predicted molar refractivity (Wildman–Crippen MR) is 72.0 cm³/mol. The first-order valence-corrected chi connectivity index (χ1v) is 8.04. The first-order valence-electron chi connectivity index (χ1n) is 6.89. The first kappa shape index (κ1) is 16.2. The lowest BCUT2D eigenvalue weighted by atomic mass is 9.92. The lowest BCUT2D eigenvalue weighted by Crippen LogP contribution is -2.32. The number of thioether (sulfide) groups is 1. The van der Waals surface area contributed by atoms with Gasteiger partial charge in [0.2, 0.25) is 0 Å². The molecule has 1 atom stereocenters. The van der Waals surface area contributed by atoms with E-state index in [9.17, 15) is 13.2 Å². The number of hydrogen-bond acceptors (Lipinski definition) is 2. The normalized spacial score (nSPS) is 20.0. The monoisotopic (exact) mass is 283 g/mol. The molecule has 0 aromatic heterocycles. The molecular weight excluding hydrogens is 259 g/mol. The summed E-state index contributed by atoms with van der Waals surface area (Å²) < 4.78 is 36.4. The summed E-state index contributed by atoms with van der Waals surface area (Å²) in [4.78, 5) is 0. The zero-order chi connectivity index (χ0) is 13.4. The fourth-order valence-electron chi connectivity index (χ4n) is 2.53. The summed E-state index contributed by atoms with van der Waals surface area (Å²) in [7, 11) is 0. The van der Waals surface area contributed by atoms with Crippen LogP contribution in [0.3, 0.4) is 0 Å². The van der Waals surface area contributed by atoms with Crippen LogP contribution in [0.2, 0.25) is 0 Å². The quantitative estimate of drug-likeness (QED) is 0.750. The van der Waals surface area contributed by atoms with Gasteiger partial charge in [-0.3, -0.25) is 0 Å². The number of alkyl halides is 3. The van der Waals surface area contributed by atoms with Crippen LogP contribution in [-0.2, 0) is 0 Å². The first-order chi connectivity index (χ1) is 8.51. The minimum atomic E-state index is -4.00. The Morgan fingerprint density at radius 2 is 1.94 bits per heavy atom. The number of nitrogens with one attached hydrogen (secondary N) is 1. The van der Waals surface area contributed by atoms with Crippen molar-refractivity contribution in [2.45, 2.75) is 57.7 Å². The van der Waals surface area contributed by atoms with Gasteiger partial charge >= 0.3 is 6.18 Å². The molecule has 1 N–H and O–H groups in total. The molecule has 1 saturated heterocycles. The molecule has 0 radical (unpaired) electrons. The number of halogens is 3. The molecule has 0 amide bonds. The SMILES string of the molecule is CCNC(CCCC(F)(F)F)CC1CCSCC1. The number of rotatable bonds is 7. The Morgan fingerprint density at radius 1 is 1.28 bits per heavy atom. The molecule has 18 heavy (non-hydrogen) atoms. The molecule has 0 aromatic carbocycles. The summed E-state index contributed by atoms with van der Waals surface area (Å²) in [5.41, 5.74) is 0. The molecule has 1 heterocycles. The van der Waals surface area contributed by atoms with Gasteiger partial charge in [0.05, 0.1) is 0 Å². The van der Waals surface area contributed by atoms with Crippen molar-refractivity contribution in [3.8, 4) is 0 Å². The molecule has 1 unspecified atom stereocenters. The lowest BCUT2D eigenvalue weighted by molar-refractivity contribution is -0.135. The minimum Gasteiger partial charge on any atom is -0.314 e. The highest BCUT2D eigenvalue weighted by molar-refractivity contribution is 7.99. The average molecular weight is 283 g/mol. The Balaban J connectivity index is 2.25. The maximum atomic E-state index is 12.1. The summed E-state index contributed by atoms with van der Waals surface area (Å²) in [5, 5.41) is 3.34. The number of hydrogen-bond donors (Lipinski definition) is 1. The van der Waals surface area contributed by atoms with Crippen LogP contribution in [0.4, 0.5) is 13.2 Å². The van der Waals surface area contributed by atoms with Gasteiger partial charge in [-0.15, -0.1) is 0 Å². The Kier molecular flexibility index (Phi) is 7.46. The minimum absolute atomic E-state index is 0.253. The molecule has 1 nitrogen and oxygen atoms in total. The fraction of sp³-hybridized carbons (Fsp3) is 1.00. The summed E-state index contributed by atoms with van der Waals surface area (Å²) in [6.45, 7) is 2.87. The Morgan fingerprint density at radius 3 is 2.50 bits per heavy atom. The van der Waals surface area contributed by atoms with Gasteiger partial charge < -0.3 is 5.32 Å². The van der Waals surface area contributed by atoms with E-state index in [1.54, 1.807) is 0 Å². The van der Waals surface area contributed by atoms with Crippen molar-refractivity contribution >= 4 is 11.8 Å². The average Bonchev–Trinajstić information content (AvgIpc) is 2.29. The van der Waals surface area contributed by atoms with Crippen LogP contribution in [0.5, 0.6) is 0 Å². The van der Waals surface area contributed by atoms with Gasteiger partial charge in [-0.25, -0.2) is 0 Å². The van der Waals surface area contributed by atoms with Gasteiger partial charge in [0.1, 0.15) is 0 Å². The molecule has 0 aliphatic carbocycles. The van der Waals surface area contributed by atoms with E-state index in [-0.39, 0.29) is 12.5 Å². The molecule has 0 aromatic rings. The van der Waals surface area contributed by atoms with Crippen LogP contribution < -0.4 is 5.32 Å². The molecular formula is C13H24F3NS. The van der Waals surface area contributed by atoms with Crippen molar-refractivity contribution in [2.24, 2.45) is 5.92 Å². The highest BCUT2D eigenvalue weighted by atomic mass is 32.2. The molecule has 0 bridgehead atoms. The molecule has 0 spiro atoms. The third-order valence-electron chi connectivity index (χ3n) is 3.46. The van der Waals surface area contributed by atoms with Gasteiger partial charge in [-0.2, -0.15) is 24.9 Å². The van der Waals surface area contributed by atoms with E-state index in [1.165, 1.54) is 24.3 Å². The second-order valence-corrected chi connectivity index (χ2v) is 6.28. The summed E-state index contributed by atoms with van der Waals surface area (Å²) >= 11 is 1.99. The van der Waals surface area contributed by atoms with Crippen molar-refractivity contribution in [2.75, 3.05) is 18.1 Å². The van der Waals surface area contributed by atoms with Crippen molar-refractivity contribution in [1.29, 1.82) is 0 Å². The zero-order valence-electron chi connectivity index (χ0n) is 11.1. The van der Waals surface area contributed by atoms with Crippen molar-refractivity contribution < 1.29 is 13.2 Å². The molecule has 5 heteroatoms. The van der Waals surface area contributed by atoms with E-state index in [0.717, 1.165) is 13.0 Å². The third-order valence-corrected chi connectivity index (χ3v) is 4.51. The highest BCUT2D eigenvalue weighted by Gasteiger charge is 2.27. The van der Waals surface area contributed by atoms with Crippen LogP contribution in [0.1, 0.15) is 45.4 Å². The summed E-state index contributed by atoms with van der Waals surface area (Å²) in [6.07, 6.45) is -0.239. The second kappa shape index (κ2) is 8.31. The van der Waals surface area contributed by atoms with Gasteiger partial charge in [-0.1, -0.05) is 6.92 Å². The van der Waals surface area contributed by atoms with E-state index in [1.807, 2.05) is 18.7 Å². The van der Waals surface area contributed by atoms with E-state index in [4.69, 9.17) is 0 Å². The van der Waals surface area contributed by atoms with Crippen molar-refractivity contribution in [3.05, 3.63) is 0 Å². The third kappa shape index (κ3) is 7.52. The molecule has 0 saturated carbocycles. The second-order valence-electron chi connectivity index (χ2n) is 5.05. The van der Waals surface area contributed by atoms with Gasteiger partial charge in [0.15, 0.2) is 0 Å². The van der Waals surface area contributed by atoms with Gasteiger partial charge in [0.25, 0.3) is 0 Å². The van der Waals surface area contributed by atoms with Crippen molar-refractivity contribution in [3.63, 3.8) is 0 Å². The van der Waals surface area contributed by atoms with Crippen molar-refractivity contribution in [1.82, 2.24) is 5.32 Å². The largest absolute Gasteiger partial charge is 0.389 e. The van der Waals surface area contributed by atoms with Crippen LogP contribution in [0, 0.1) is 5.92 Å². The van der Waals surface area contributed by atoms with Crippen LogP contribution in [0.25, 0.3) is 0 Å². The maximum absolute atomic E-state index is 12.1. The molecule has 1 fully saturated rings. The maximum Gasteiger partial charge on any atom is 0.389 e. The van der Waals surface area contributed by atoms with Gasteiger partial charge in [0, 0.05) is 12.5 Å². The smallest absolute Gasteiger partial charge is 0.314 e. The Bertz CT molecular complexity index is 215. The molecule has 1 aliphatic heterocycles. The van der Waals surface area contributed by atoms with E-state index in [2.05, 4.69) is 5.32 Å². The van der Waals surface area contributed by atoms with E-state index < -0.39 is 12.6 Å². The Hall–Kier alpha value is 0.100. The van der Waals surface area contributed by atoms with E-state index >= 15 is 0 Å². The van der Waals surface area contributed by atoms with Crippen LogP contribution in [0.15, 0.2) is 0 Å². The molecule has 108 valence electrons. The topological polar surface area (TPSA) is 12.0 Å². The standard InChI is InChI=1S/C13H24F3NS/c1-2-17-12(4-3-7-13(14,15)16)10-11-5-8-18-9-6-11/h11-12,17H,2-10H2,1H3. The predicted octanol–water partition coefficient (Wildman–Crippen LogP) is 4.23. The van der Waals surface area contributed by atoms with Crippen LogP contribution in [-0.4, -0.2) is 30.3 Å². The van der Waals surface area contributed by atoms with Crippen LogP contribution >= 0.6 is 11.8 Å². The highest BCUT2D eigenvalue weighted by Crippen LogP contribution is 2.28. The summed E-state index contributed by atoms with van der Waals surface area (Å²) in [6, 6.07) is 0.269. The fourth-order valence-corrected chi connectivity index (χ4v) is 3.73. The zero-order valence-corrected chi connectivity index (χ0v) is 11.9. The summed E-state index contributed by atoms with van der Waals surface area (Å²) in [5.74, 6) is 3.14. The lowest BCUT2D eigenvalue weighted by Gasteiger charge is -2.27.